The fraction of sp³-hybridized carbons (Fsp3) is 0.158. The minimum absolute atomic E-state index is 0.197. The summed E-state index contributed by atoms with van der Waals surface area (Å²) in [6.45, 7) is 0.452. The van der Waals surface area contributed by atoms with Crippen molar-refractivity contribution in [3.8, 4) is 11.5 Å². The fourth-order valence-corrected chi connectivity index (χ4v) is 3.54. The number of fused-ring (bicyclic) bond motifs is 2. The molecule has 132 valence electrons. The molecule has 6 nitrogen and oxygen atoms in total. The van der Waals surface area contributed by atoms with Crippen LogP contribution in [0.2, 0.25) is 0 Å². The highest BCUT2D eigenvalue weighted by Crippen LogP contribution is 2.33. The van der Waals surface area contributed by atoms with Gasteiger partial charge in [-0.05, 0) is 34.1 Å². The summed E-state index contributed by atoms with van der Waals surface area (Å²) in [4.78, 5) is 25.0. The van der Waals surface area contributed by atoms with Gasteiger partial charge in [-0.2, -0.15) is 0 Å². The molecule has 1 atom stereocenters. The van der Waals surface area contributed by atoms with Gasteiger partial charge in [-0.25, -0.2) is 4.79 Å². The summed E-state index contributed by atoms with van der Waals surface area (Å²) < 4.78 is 11.3. The van der Waals surface area contributed by atoms with Crippen LogP contribution in [0.3, 0.4) is 0 Å². The lowest BCUT2D eigenvalue weighted by molar-refractivity contribution is 0.0918. The molecule has 26 heavy (non-hydrogen) atoms. The van der Waals surface area contributed by atoms with Gasteiger partial charge in [0.25, 0.3) is 5.91 Å². The van der Waals surface area contributed by atoms with E-state index in [2.05, 4.69) is 21.2 Å². The predicted molar refractivity (Wildman–Crippen MR) is 98.6 cm³/mol. The molecule has 2 heterocycles. The summed E-state index contributed by atoms with van der Waals surface area (Å²) in [7, 11) is 0. The zero-order chi connectivity index (χ0) is 18.3. The first-order valence-electron chi connectivity index (χ1n) is 8.03. The number of ether oxygens (including phenoxy) is 1. The van der Waals surface area contributed by atoms with Gasteiger partial charge in [0.15, 0.2) is 11.1 Å². The predicted octanol–water partition coefficient (Wildman–Crippen LogP) is 3.51. The summed E-state index contributed by atoms with van der Waals surface area (Å²) >= 11 is 3.27. The Morgan fingerprint density at radius 3 is 2.85 bits per heavy atom. The zero-order valence-electron chi connectivity index (χ0n) is 13.5. The van der Waals surface area contributed by atoms with E-state index in [4.69, 9.17) is 9.15 Å². The average molecular weight is 416 g/mol. The number of amides is 1. The monoisotopic (exact) mass is 415 g/mol. The van der Waals surface area contributed by atoms with Crippen molar-refractivity contribution in [1.82, 2.24) is 5.32 Å². The Labute approximate surface area is 156 Å². The SMILES string of the molecule is O=C(NC1CCOc2ccccc21)c1c(O)c2cccc(Br)c2oc1=O. The Morgan fingerprint density at radius 2 is 2.00 bits per heavy atom. The van der Waals surface area contributed by atoms with Crippen LogP contribution in [0.5, 0.6) is 11.5 Å². The Kier molecular flexibility index (Phi) is 4.16. The second-order valence-corrected chi connectivity index (χ2v) is 6.78. The Bertz CT molecular complexity index is 1080. The van der Waals surface area contributed by atoms with Gasteiger partial charge in [0.1, 0.15) is 11.5 Å². The van der Waals surface area contributed by atoms with Crippen LogP contribution >= 0.6 is 15.9 Å². The van der Waals surface area contributed by atoms with Gasteiger partial charge in [0.2, 0.25) is 0 Å². The van der Waals surface area contributed by atoms with E-state index in [0.717, 1.165) is 5.56 Å². The number of benzene rings is 2. The van der Waals surface area contributed by atoms with Crippen LogP contribution in [0.15, 0.2) is 56.1 Å². The number of nitrogens with one attached hydrogen (secondary N) is 1. The number of para-hydroxylation sites is 2. The topological polar surface area (TPSA) is 88.8 Å². The second kappa shape index (κ2) is 6.49. The molecule has 1 aliphatic heterocycles. The van der Waals surface area contributed by atoms with Gasteiger partial charge in [-0.1, -0.05) is 24.3 Å². The molecule has 0 saturated heterocycles. The molecule has 1 amide bonds. The number of hydrogen-bond donors (Lipinski definition) is 2. The number of hydrogen-bond acceptors (Lipinski definition) is 5. The summed E-state index contributed by atoms with van der Waals surface area (Å²) in [6.07, 6.45) is 0.563. The molecule has 1 unspecified atom stereocenters. The highest BCUT2D eigenvalue weighted by molar-refractivity contribution is 9.10. The number of aromatic hydroxyl groups is 1. The first-order chi connectivity index (χ1) is 12.6. The van der Waals surface area contributed by atoms with Gasteiger partial charge in [-0.15, -0.1) is 0 Å². The van der Waals surface area contributed by atoms with Gasteiger partial charge in [0.05, 0.1) is 22.5 Å². The van der Waals surface area contributed by atoms with Crippen molar-refractivity contribution in [2.75, 3.05) is 6.61 Å². The molecular weight excluding hydrogens is 402 g/mol. The first-order valence-corrected chi connectivity index (χ1v) is 8.82. The first kappa shape index (κ1) is 16.7. The smallest absolute Gasteiger partial charge is 0.353 e. The number of carbonyl (C=O) groups excluding carboxylic acids is 1. The summed E-state index contributed by atoms with van der Waals surface area (Å²) in [5.41, 5.74) is -0.262. The third-order valence-electron chi connectivity index (χ3n) is 4.35. The van der Waals surface area contributed by atoms with Crippen LogP contribution < -0.4 is 15.7 Å². The van der Waals surface area contributed by atoms with E-state index in [9.17, 15) is 14.7 Å². The molecule has 1 aliphatic rings. The molecular formula is C19H14BrNO5. The van der Waals surface area contributed by atoms with Crippen molar-refractivity contribution < 1.29 is 19.1 Å². The minimum Gasteiger partial charge on any atom is -0.506 e. The minimum atomic E-state index is -0.889. The molecule has 0 bridgehead atoms. The molecule has 3 aromatic rings. The van der Waals surface area contributed by atoms with Crippen molar-refractivity contribution in [2.45, 2.75) is 12.5 Å². The Hall–Kier alpha value is -2.80. The second-order valence-electron chi connectivity index (χ2n) is 5.93. The van der Waals surface area contributed by atoms with Crippen molar-refractivity contribution in [3.05, 3.63) is 68.5 Å². The number of halogens is 1. The van der Waals surface area contributed by atoms with E-state index < -0.39 is 22.8 Å². The highest BCUT2D eigenvalue weighted by Gasteiger charge is 2.27. The molecule has 0 spiro atoms. The quantitative estimate of drug-likeness (QED) is 0.625. The summed E-state index contributed by atoms with van der Waals surface area (Å²) in [6, 6.07) is 12.0. The lowest BCUT2D eigenvalue weighted by Crippen LogP contribution is -2.34. The van der Waals surface area contributed by atoms with Crippen LogP contribution in [0.4, 0.5) is 0 Å². The molecule has 0 aliphatic carbocycles. The molecule has 0 saturated carbocycles. The molecule has 1 aromatic heterocycles. The maximum atomic E-state index is 12.7. The maximum absolute atomic E-state index is 12.7. The molecule has 2 aromatic carbocycles. The van der Waals surface area contributed by atoms with Gasteiger partial charge < -0.3 is 19.6 Å². The lowest BCUT2D eigenvalue weighted by Gasteiger charge is -2.26. The largest absolute Gasteiger partial charge is 0.506 e. The van der Waals surface area contributed by atoms with Crippen molar-refractivity contribution >= 4 is 32.8 Å². The van der Waals surface area contributed by atoms with Crippen LogP contribution in [0, 0.1) is 0 Å². The standard InChI is InChI=1S/C19H14BrNO5/c20-12-6-3-5-11-16(22)15(19(24)26-17(11)12)18(23)21-13-8-9-25-14-7-2-1-4-10(13)14/h1-7,13,22H,8-9H2,(H,21,23). The van der Waals surface area contributed by atoms with Crippen LogP contribution in [-0.4, -0.2) is 17.6 Å². The fourth-order valence-electron chi connectivity index (χ4n) is 3.10. The molecule has 0 radical (unpaired) electrons. The molecule has 4 rings (SSSR count). The van der Waals surface area contributed by atoms with Crippen LogP contribution in [0.1, 0.15) is 28.4 Å². The summed E-state index contributed by atoms with van der Waals surface area (Å²) in [5.74, 6) is -0.377. The third kappa shape index (κ3) is 2.74. The third-order valence-corrected chi connectivity index (χ3v) is 4.97. The van der Waals surface area contributed by atoms with Gasteiger partial charge in [-0.3, -0.25) is 4.79 Å². The van der Waals surface area contributed by atoms with Crippen molar-refractivity contribution in [3.63, 3.8) is 0 Å². The Morgan fingerprint density at radius 1 is 1.19 bits per heavy atom. The van der Waals surface area contributed by atoms with Gasteiger partial charge in [0, 0.05) is 12.0 Å². The summed E-state index contributed by atoms with van der Waals surface area (Å²) in [5, 5.41) is 13.6. The normalized spacial score (nSPS) is 16.0. The molecule has 7 heteroatoms. The van der Waals surface area contributed by atoms with E-state index in [1.54, 1.807) is 18.2 Å². The number of carbonyl (C=O) groups is 1. The molecule has 2 N–H and O–H groups in total. The maximum Gasteiger partial charge on any atom is 0.353 e. The lowest BCUT2D eigenvalue weighted by atomic mass is 10.00. The molecule has 0 fully saturated rings. The van der Waals surface area contributed by atoms with E-state index in [-0.39, 0.29) is 17.0 Å². The van der Waals surface area contributed by atoms with Crippen LogP contribution in [0.25, 0.3) is 11.0 Å². The van der Waals surface area contributed by atoms with Crippen molar-refractivity contribution in [1.29, 1.82) is 0 Å². The van der Waals surface area contributed by atoms with Crippen molar-refractivity contribution in [2.24, 2.45) is 0 Å². The van der Waals surface area contributed by atoms with Crippen LogP contribution in [-0.2, 0) is 0 Å². The van der Waals surface area contributed by atoms with Gasteiger partial charge >= 0.3 is 5.63 Å². The average Bonchev–Trinajstić information content (AvgIpc) is 2.63. The Balaban J connectivity index is 1.73. The van der Waals surface area contributed by atoms with E-state index >= 15 is 0 Å². The zero-order valence-corrected chi connectivity index (χ0v) is 15.1. The van der Waals surface area contributed by atoms with E-state index in [0.29, 0.717) is 23.2 Å². The van der Waals surface area contributed by atoms with E-state index in [1.165, 1.54) is 0 Å². The highest BCUT2D eigenvalue weighted by atomic mass is 79.9. The van der Waals surface area contributed by atoms with E-state index in [1.807, 2.05) is 24.3 Å². The number of rotatable bonds is 2.